The molecule has 180 valence electrons. The van der Waals surface area contributed by atoms with Crippen LogP contribution in [0.5, 0.6) is 0 Å². The van der Waals surface area contributed by atoms with Gasteiger partial charge in [0, 0.05) is 23.8 Å². The minimum absolute atomic E-state index is 0.120. The van der Waals surface area contributed by atoms with Gasteiger partial charge >= 0.3 is 6.03 Å². The lowest BCUT2D eigenvalue weighted by atomic mass is 10.2. The van der Waals surface area contributed by atoms with Gasteiger partial charge in [-0.25, -0.2) is 9.18 Å². The van der Waals surface area contributed by atoms with Crippen LogP contribution in [0.15, 0.2) is 65.3 Å². The number of anilines is 1. The number of nitrogens with zero attached hydrogens (tertiary/aromatic N) is 2. The van der Waals surface area contributed by atoms with Gasteiger partial charge < -0.3 is 19.5 Å². The molecular weight excluding hydrogens is 457 g/mol. The van der Waals surface area contributed by atoms with E-state index in [1.54, 1.807) is 47.6 Å². The van der Waals surface area contributed by atoms with Crippen molar-refractivity contribution in [2.24, 2.45) is 5.92 Å². The summed E-state index contributed by atoms with van der Waals surface area (Å²) in [4.78, 5) is 29.5. The van der Waals surface area contributed by atoms with Crippen LogP contribution < -0.4 is 5.32 Å². The van der Waals surface area contributed by atoms with Crippen molar-refractivity contribution in [3.63, 3.8) is 0 Å². The fourth-order valence-electron chi connectivity index (χ4n) is 3.43. The highest BCUT2D eigenvalue weighted by Gasteiger charge is 2.23. The van der Waals surface area contributed by atoms with Crippen molar-refractivity contribution in [3.8, 4) is 0 Å². The van der Waals surface area contributed by atoms with E-state index < -0.39 is 0 Å². The molecule has 3 aromatic rings. The van der Waals surface area contributed by atoms with E-state index in [1.165, 1.54) is 17.0 Å². The van der Waals surface area contributed by atoms with Crippen molar-refractivity contribution in [1.82, 2.24) is 9.80 Å². The van der Waals surface area contributed by atoms with Crippen molar-refractivity contribution in [2.45, 2.75) is 33.9 Å². The number of carbonyl (C=O) groups is 2. The first-order chi connectivity index (χ1) is 16.2. The summed E-state index contributed by atoms with van der Waals surface area (Å²) in [5, 5.41) is 3.38. The Morgan fingerprint density at radius 3 is 2.41 bits per heavy atom. The van der Waals surface area contributed by atoms with Gasteiger partial charge in [-0.15, -0.1) is 0 Å². The Morgan fingerprint density at radius 1 is 1.06 bits per heavy atom. The number of halogens is 2. The Morgan fingerprint density at radius 2 is 1.79 bits per heavy atom. The first kappa shape index (κ1) is 25.3. The predicted octanol–water partition coefficient (Wildman–Crippen LogP) is 6.10. The van der Waals surface area contributed by atoms with Crippen LogP contribution in [-0.4, -0.2) is 34.8 Å². The lowest BCUT2D eigenvalue weighted by Crippen LogP contribution is -2.45. The Hall–Kier alpha value is -3.32. The number of amides is 3. The number of urea groups is 1. The summed E-state index contributed by atoms with van der Waals surface area (Å²) in [5.41, 5.74) is 2.24. The van der Waals surface area contributed by atoms with E-state index in [1.807, 2.05) is 26.8 Å². The number of furan rings is 1. The first-order valence-corrected chi connectivity index (χ1v) is 11.5. The van der Waals surface area contributed by atoms with E-state index >= 15 is 0 Å². The smallest absolute Gasteiger partial charge is 0.322 e. The molecule has 6 nitrogen and oxygen atoms in total. The van der Waals surface area contributed by atoms with E-state index in [0.717, 1.165) is 11.1 Å². The molecule has 0 bridgehead atoms. The molecule has 0 aliphatic carbocycles. The fourth-order valence-corrected chi connectivity index (χ4v) is 3.61. The quantitative estimate of drug-likeness (QED) is 0.398. The maximum Gasteiger partial charge on any atom is 0.322 e. The zero-order valence-corrected chi connectivity index (χ0v) is 20.3. The molecule has 0 aliphatic heterocycles. The van der Waals surface area contributed by atoms with E-state index in [0.29, 0.717) is 23.0 Å². The molecule has 0 radical (unpaired) electrons. The van der Waals surface area contributed by atoms with Crippen molar-refractivity contribution in [2.75, 3.05) is 18.4 Å². The Kier molecular flexibility index (Phi) is 8.71. The molecule has 0 atom stereocenters. The van der Waals surface area contributed by atoms with Crippen LogP contribution in [0.1, 0.15) is 30.7 Å². The molecule has 2 aromatic carbocycles. The minimum Gasteiger partial charge on any atom is -0.467 e. The number of hydrogen-bond donors (Lipinski definition) is 1. The van der Waals surface area contributed by atoms with Gasteiger partial charge in [0.15, 0.2) is 0 Å². The fraction of sp³-hybridized carbons (Fsp3) is 0.308. The Balaban J connectivity index is 1.76. The Labute approximate surface area is 204 Å². The average Bonchev–Trinajstić information content (AvgIpc) is 3.29. The molecule has 8 heteroatoms. The molecule has 1 N–H and O–H groups in total. The molecule has 0 saturated carbocycles. The summed E-state index contributed by atoms with van der Waals surface area (Å²) in [7, 11) is 0. The summed E-state index contributed by atoms with van der Waals surface area (Å²) in [6.07, 6.45) is 1.54. The zero-order chi connectivity index (χ0) is 24.7. The molecule has 3 rings (SSSR count). The Bertz CT molecular complexity index is 1100. The molecule has 3 amide bonds. The van der Waals surface area contributed by atoms with Crippen molar-refractivity contribution < 1.29 is 18.4 Å². The highest BCUT2D eigenvalue weighted by atomic mass is 35.5. The molecule has 0 fully saturated rings. The molecule has 0 unspecified atom stereocenters. The van der Waals surface area contributed by atoms with Crippen LogP contribution in [0.25, 0.3) is 0 Å². The molecule has 34 heavy (non-hydrogen) atoms. The number of nitrogens with one attached hydrogen (secondary N) is 1. The molecule has 0 spiro atoms. The number of benzene rings is 2. The monoisotopic (exact) mass is 485 g/mol. The van der Waals surface area contributed by atoms with Gasteiger partial charge in [0.05, 0.1) is 12.8 Å². The second-order valence-electron chi connectivity index (χ2n) is 8.62. The third kappa shape index (κ3) is 7.35. The summed E-state index contributed by atoms with van der Waals surface area (Å²) < 4.78 is 18.8. The van der Waals surface area contributed by atoms with Crippen LogP contribution in [0.4, 0.5) is 14.9 Å². The van der Waals surface area contributed by atoms with Gasteiger partial charge in [-0.3, -0.25) is 4.79 Å². The standard InChI is InChI=1S/C26H29ClFN3O3/c1-18(2)14-31(26(33)29-22-11-6-19(3)24(27)13-22)17-25(32)30(16-23-5-4-12-34-23)15-20-7-9-21(28)10-8-20/h4-13,18H,14-17H2,1-3H3,(H,29,33). The summed E-state index contributed by atoms with van der Waals surface area (Å²) >= 11 is 6.18. The lowest BCUT2D eigenvalue weighted by Gasteiger charge is -2.28. The lowest BCUT2D eigenvalue weighted by molar-refractivity contribution is -0.133. The highest BCUT2D eigenvalue weighted by Crippen LogP contribution is 2.20. The summed E-state index contributed by atoms with van der Waals surface area (Å²) in [5.74, 6) is 0.169. The molecule has 1 heterocycles. The third-order valence-electron chi connectivity index (χ3n) is 5.19. The molecule has 1 aromatic heterocycles. The minimum atomic E-state index is -0.387. The first-order valence-electron chi connectivity index (χ1n) is 11.1. The van der Waals surface area contributed by atoms with E-state index in [9.17, 15) is 14.0 Å². The maximum absolute atomic E-state index is 13.4. The van der Waals surface area contributed by atoms with Gasteiger partial charge in [0.1, 0.15) is 18.1 Å². The largest absolute Gasteiger partial charge is 0.467 e. The van der Waals surface area contributed by atoms with E-state index in [4.69, 9.17) is 16.0 Å². The number of aryl methyl sites for hydroxylation is 1. The second-order valence-corrected chi connectivity index (χ2v) is 9.03. The normalized spacial score (nSPS) is 10.9. The zero-order valence-electron chi connectivity index (χ0n) is 19.6. The number of rotatable bonds is 9. The molecular formula is C26H29ClFN3O3. The van der Waals surface area contributed by atoms with Gasteiger partial charge in [0.2, 0.25) is 5.91 Å². The van der Waals surface area contributed by atoms with Gasteiger partial charge in [-0.2, -0.15) is 0 Å². The third-order valence-corrected chi connectivity index (χ3v) is 5.60. The number of hydrogen-bond acceptors (Lipinski definition) is 3. The van der Waals surface area contributed by atoms with E-state index in [-0.39, 0.29) is 43.3 Å². The van der Waals surface area contributed by atoms with Crippen molar-refractivity contribution in [1.29, 1.82) is 0 Å². The molecule has 0 saturated heterocycles. The highest BCUT2D eigenvalue weighted by molar-refractivity contribution is 6.31. The average molecular weight is 486 g/mol. The number of carbonyl (C=O) groups excluding carboxylic acids is 2. The summed E-state index contributed by atoms with van der Waals surface area (Å²) in [6, 6.07) is 14.4. The van der Waals surface area contributed by atoms with Crippen molar-refractivity contribution in [3.05, 3.63) is 88.6 Å². The SMILES string of the molecule is Cc1ccc(NC(=O)N(CC(=O)N(Cc2ccc(F)cc2)Cc2ccco2)CC(C)C)cc1Cl. The van der Waals surface area contributed by atoms with Crippen LogP contribution in [0.3, 0.4) is 0 Å². The van der Waals surface area contributed by atoms with Gasteiger partial charge in [-0.1, -0.05) is 43.6 Å². The maximum atomic E-state index is 13.4. The van der Waals surface area contributed by atoms with Crippen LogP contribution >= 0.6 is 11.6 Å². The van der Waals surface area contributed by atoms with Crippen molar-refractivity contribution >= 4 is 29.2 Å². The van der Waals surface area contributed by atoms with Gasteiger partial charge in [-0.05, 0) is 60.4 Å². The molecule has 0 aliphatic rings. The van der Waals surface area contributed by atoms with Crippen LogP contribution in [0, 0.1) is 18.7 Å². The predicted molar refractivity (Wildman–Crippen MR) is 131 cm³/mol. The summed E-state index contributed by atoms with van der Waals surface area (Å²) in [6.45, 7) is 6.60. The second kappa shape index (κ2) is 11.7. The van der Waals surface area contributed by atoms with Crippen LogP contribution in [-0.2, 0) is 17.9 Å². The van der Waals surface area contributed by atoms with Crippen LogP contribution in [0.2, 0.25) is 5.02 Å². The van der Waals surface area contributed by atoms with Gasteiger partial charge in [0.25, 0.3) is 0 Å². The topological polar surface area (TPSA) is 65.8 Å². The van der Waals surface area contributed by atoms with E-state index in [2.05, 4.69) is 5.32 Å².